The quantitative estimate of drug-likeness (QED) is 0.817. The first-order chi connectivity index (χ1) is 10.2. The van der Waals surface area contributed by atoms with E-state index in [2.05, 4.69) is 27.2 Å². The summed E-state index contributed by atoms with van der Waals surface area (Å²) in [5.74, 6) is 0.207. The fraction of sp³-hybridized carbons (Fsp3) is 0.0667. The molecule has 1 aromatic heterocycles. The zero-order valence-electron chi connectivity index (χ0n) is 11.2. The number of nitrogens with one attached hydrogen (secondary N) is 2. The third-order valence-electron chi connectivity index (χ3n) is 2.59. The zero-order chi connectivity index (χ0) is 15.1. The monoisotopic (exact) mass is 279 g/mol. The zero-order valence-corrected chi connectivity index (χ0v) is 11.2. The van der Waals surface area contributed by atoms with Crippen LogP contribution in [0.2, 0.25) is 0 Å². The van der Waals surface area contributed by atoms with Crippen LogP contribution in [-0.2, 0) is 0 Å². The van der Waals surface area contributed by atoms with E-state index in [1.807, 2.05) is 6.07 Å². The molecule has 0 aliphatic carbocycles. The summed E-state index contributed by atoms with van der Waals surface area (Å²) >= 11 is 0. The molecule has 104 valence electrons. The van der Waals surface area contributed by atoms with Gasteiger partial charge in [-0.15, -0.1) is 6.58 Å². The number of nitriles is 1. The van der Waals surface area contributed by atoms with E-state index in [1.165, 1.54) is 6.33 Å². The van der Waals surface area contributed by atoms with Gasteiger partial charge in [0.25, 0.3) is 5.91 Å². The van der Waals surface area contributed by atoms with E-state index < -0.39 is 0 Å². The summed E-state index contributed by atoms with van der Waals surface area (Å²) in [6.45, 7) is 3.91. The average molecular weight is 279 g/mol. The Bertz CT molecular complexity index is 688. The molecule has 0 bridgehead atoms. The van der Waals surface area contributed by atoms with Crippen LogP contribution in [-0.4, -0.2) is 22.4 Å². The molecule has 0 aliphatic heterocycles. The van der Waals surface area contributed by atoms with E-state index in [4.69, 9.17) is 5.26 Å². The Hall–Kier alpha value is -3.20. The van der Waals surface area contributed by atoms with Crippen LogP contribution in [0, 0.1) is 11.3 Å². The lowest BCUT2D eigenvalue weighted by atomic mass is 10.2. The highest BCUT2D eigenvalue weighted by Gasteiger charge is 2.07. The highest BCUT2D eigenvalue weighted by atomic mass is 16.1. The molecule has 1 amide bonds. The van der Waals surface area contributed by atoms with Gasteiger partial charge in [-0.1, -0.05) is 6.08 Å². The predicted molar refractivity (Wildman–Crippen MR) is 79.0 cm³/mol. The molecule has 0 unspecified atom stereocenters. The molecule has 0 saturated carbocycles. The van der Waals surface area contributed by atoms with Crippen molar-refractivity contribution in [3.8, 4) is 6.07 Å². The summed E-state index contributed by atoms with van der Waals surface area (Å²) in [5, 5.41) is 14.4. The number of amides is 1. The van der Waals surface area contributed by atoms with Gasteiger partial charge in [-0.3, -0.25) is 4.79 Å². The molecule has 2 rings (SSSR count). The Morgan fingerprint density at radius 2 is 2.10 bits per heavy atom. The number of nitrogens with zero attached hydrogens (tertiary/aromatic N) is 3. The van der Waals surface area contributed by atoms with E-state index in [0.29, 0.717) is 17.9 Å². The van der Waals surface area contributed by atoms with Crippen LogP contribution >= 0.6 is 0 Å². The van der Waals surface area contributed by atoms with E-state index in [0.717, 1.165) is 5.69 Å². The van der Waals surface area contributed by atoms with E-state index in [1.54, 1.807) is 36.4 Å². The van der Waals surface area contributed by atoms with Crippen molar-refractivity contribution in [1.29, 1.82) is 5.26 Å². The van der Waals surface area contributed by atoms with Gasteiger partial charge in [0.1, 0.15) is 17.8 Å². The maximum absolute atomic E-state index is 11.8. The highest BCUT2D eigenvalue weighted by Crippen LogP contribution is 2.15. The normalized spacial score (nSPS) is 9.48. The molecule has 2 N–H and O–H groups in total. The molecule has 0 saturated heterocycles. The van der Waals surface area contributed by atoms with Crippen molar-refractivity contribution in [3.05, 3.63) is 60.6 Å². The first kappa shape index (κ1) is 14.2. The van der Waals surface area contributed by atoms with E-state index >= 15 is 0 Å². The van der Waals surface area contributed by atoms with Crippen LogP contribution in [0.15, 0.2) is 49.3 Å². The third kappa shape index (κ3) is 3.88. The Labute approximate surface area is 122 Å². The van der Waals surface area contributed by atoms with Gasteiger partial charge in [0.2, 0.25) is 0 Å². The standard InChI is InChI=1S/C15H13N5O/c1-2-7-17-15(21)13-8-14(19-10-18-13)20-12-5-3-11(9-16)4-6-12/h2-6,8,10H,1,7H2,(H,17,21)(H,18,19,20). The molecule has 2 aromatic rings. The lowest BCUT2D eigenvalue weighted by Crippen LogP contribution is -2.24. The van der Waals surface area contributed by atoms with Crippen LogP contribution in [0.3, 0.4) is 0 Å². The number of carbonyl (C=O) groups is 1. The van der Waals surface area contributed by atoms with Gasteiger partial charge in [-0.05, 0) is 24.3 Å². The van der Waals surface area contributed by atoms with Gasteiger partial charge in [0, 0.05) is 18.3 Å². The molecule has 1 heterocycles. The van der Waals surface area contributed by atoms with Crippen LogP contribution < -0.4 is 10.6 Å². The molecule has 6 heteroatoms. The lowest BCUT2D eigenvalue weighted by molar-refractivity contribution is 0.0953. The van der Waals surface area contributed by atoms with Crippen molar-refractivity contribution >= 4 is 17.4 Å². The average Bonchev–Trinajstić information content (AvgIpc) is 2.53. The van der Waals surface area contributed by atoms with Gasteiger partial charge in [0.05, 0.1) is 11.6 Å². The minimum absolute atomic E-state index is 0.267. The smallest absolute Gasteiger partial charge is 0.270 e. The Balaban J connectivity index is 2.11. The number of hydrogen-bond acceptors (Lipinski definition) is 5. The van der Waals surface area contributed by atoms with Crippen molar-refractivity contribution in [2.45, 2.75) is 0 Å². The van der Waals surface area contributed by atoms with Gasteiger partial charge in [-0.25, -0.2) is 9.97 Å². The lowest BCUT2D eigenvalue weighted by Gasteiger charge is -2.07. The molecule has 21 heavy (non-hydrogen) atoms. The van der Waals surface area contributed by atoms with Crippen molar-refractivity contribution in [1.82, 2.24) is 15.3 Å². The Morgan fingerprint density at radius 1 is 1.33 bits per heavy atom. The Kier molecular flexibility index (Phi) is 4.62. The minimum Gasteiger partial charge on any atom is -0.347 e. The molecule has 0 aliphatic rings. The van der Waals surface area contributed by atoms with E-state index in [9.17, 15) is 4.79 Å². The van der Waals surface area contributed by atoms with Gasteiger partial charge >= 0.3 is 0 Å². The fourth-order valence-electron chi connectivity index (χ4n) is 1.58. The molecule has 0 fully saturated rings. The second-order valence-corrected chi connectivity index (χ2v) is 4.10. The number of aromatic nitrogens is 2. The highest BCUT2D eigenvalue weighted by molar-refractivity contribution is 5.93. The first-order valence-electron chi connectivity index (χ1n) is 6.21. The summed E-state index contributed by atoms with van der Waals surface area (Å²) < 4.78 is 0. The van der Waals surface area contributed by atoms with Crippen molar-refractivity contribution in [2.24, 2.45) is 0 Å². The molecular weight excluding hydrogens is 266 g/mol. The summed E-state index contributed by atoms with van der Waals surface area (Å²) in [4.78, 5) is 19.8. The number of carbonyl (C=O) groups excluding carboxylic acids is 1. The largest absolute Gasteiger partial charge is 0.347 e. The predicted octanol–water partition coefficient (Wildman–Crippen LogP) is 2.01. The maximum Gasteiger partial charge on any atom is 0.270 e. The third-order valence-corrected chi connectivity index (χ3v) is 2.59. The number of benzene rings is 1. The summed E-state index contributed by atoms with van der Waals surface area (Å²) in [6.07, 6.45) is 2.91. The molecule has 0 atom stereocenters. The molecule has 1 aromatic carbocycles. The van der Waals surface area contributed by atoms with Crippen molar-refractivity contribution in [3.63, 3.8) is 0 Å². The summed E-state index contributed by atoms with van der Waals surface area (Å²) in [7, 11) is 0. The number of rotatable bonds is 5. The Morgan fingerprint density at radius 3 is 2.76 bits per heavy atom. The topological polar surface area (TPSA) is 90.7 Å². The molecular formula is C15H13N5O. The number of hydrogen-bond donors (Lipinski definition) is 2. The molecule has 0 spiro atoms. The number of anilines is 2. The van der Waals surface area contributed by atoms with Gasteiger partial charge in [-0.2, -0.15) is 5.26 Å². The van der Waals surface area contributed by atoms with Gasteiger partial charge < -0.3 is 10.6 Å². The maximum atomic E-state index is 11.8. The SMILES string of the molecule is C=CCNC(=O)c1cc(Nc2ccc(C#N)cc2)ncn1. The first-order valence-corrected chi connectivity index (χ1v) is 6.21. The minimum atomic E-state index is -0.292. The van der Waals surface area contributed by atoms with Crippen LogP contribution in [0.1, 0.15) is 16.1 Å². The van der Waals surface area contributed by atoms with Gasteiger partial charge in [0.15, 0.2) is 0 Å². The second-order valence-electron chi connectivity index (χ2n) is 4.10. The summed E-state index contributed by atoms with van der Waals surface area (Å²) in [6, 6.07) is 10.5. The van der Waals surface area contributed by atoms with E-state index in [-0.39, 0.29) is 11.6 Å². The van der Waals surface area contributed by atoms with Crippen LogP contribution in [0.4, 0.5) is 11.5 Å². The van der Waals surface area contributed by atoms with Crippen molar-refractivity contribution < 1.29 is 4.79 Å². The van der Waals surface area contributed by atoms with Crippen LogP contribution in [0.5, 0.6) is 0 Å². The molecule has 6 nitrogen and oxygen atoms in total. The van der Waals surface area contributed by atoms with Crippen molar-refractivity contribution in [2.75, 3.05) is 11.9 Å². The van der Waals surface area contributed by atoms with Crippen LogP contribution in [0.25, 0.3) is 0 Å². The molecule has 0 radical (unpaired) electrons. The second kappa shape index (κ2) is 6.82. The summed E-state index contributed by atoms with van der Waals surface area (Å²) in [5.41, 5.74) is 1.61. The fourth-order valence-corrected chi connectivity index (χ4v) is 1.58.